The number of unbranched alkanes of at least 4 members (excludes halogenated alkanes) is 7. The Bertz CT molecular complexity index is 1330. The first-order chi connectivity index (χ1) is 26.4. The third-order valence-electron chi connectivity index (χ3n) is 13.6. The molecule has 11 heteroatoms. The summed E-state index contributed by atoms with van der Waals surface area (Å²) < 4.78 is 7.36. The fraction of sp³-hybridized carbons (Fsp3) is 0.915. The average molecular weight is 820 g/mol. The standard InChI is InChI=1S/C47H85N3O8/c1-14-15-16-17-18-19-20-21-22-36(31-25-41(2,3)48-42(4,5)26-31)47(32-27-43(6,7)49-44(8,9)28-32,33-29-45(10,11)50-46(12,13)30-33)58-38(53)24-35(40(56)57)34(39(54)55)23-37(51)52/h31-36,48-50H,14-30H2,1-13H3,(H,51,52)(H,54,55)(H,56,57). The van der Waals surface area contributed by atoms with E-state index in [0.717, 1.165) is 64.2 Å². The highest BCUT2D eigenvalue weighted by Crippen LogP contribution is 2.58. The third kappa shape index (κ3) is 14.2. The maximum Gasteiger partial charge on any atom is 0.307 e. The van der Waals surface area contributed by atoms with Crippen LogP contribution in [0.15, 0.2) is 0 Å². The number of rotatable bonds is 21. The zero-order valence-corrected chi connectivity index (χ0v) is 38.9. The fourth-order valence-electron chi connectivity index (χ4n) is 12.9. The second-order valence-corrected chi connectivity index (χ2v) is 22.9. The second kappa shape index (κ2) is 19.2. The molecule has 3 saturated heterocycles. The molecule has 3 fully saturated rings. The summed E-state index contributed by atoms with van der Waals surface area (Å²) in [7, 11) is 0. The number of piperidine rings is 3. The van der Waals surface area contributed by atoms with Gasteiger partial charge in [0.2, 0.25) is 0 Å². The van der Waals surface area contributed by atoms with Crippen molar-refractivity contribution in [2.75, 3.05) is 0 Å². The molecule has 58 heavy (non-hydrogen) atoms. The van der Waals surface area contributed by atoms with Crippen LogP contribution < -0.4 is 16.0 Å². The lowest BCUT2D eigenvalue weighted by atomic mass is 9.52. The van der Waals surface area contributed by atoms with Crippen LogP contribution in [0.3, 0.4) is 0 Å². The van der Waals surface area contributed by atoms with Gasteiger partial charge in [0.25, 0.3) is 0 Å². The van der Waals surface area contributed by atoms with Crippen LogP contribution in [0.5, 0.6) is 0 Å². The van der Waals surface area contributed by atoms with Crippen LogP contribution in [-0.2, 0) is 23.9 Å². The van der Waals surface area contributed by atoms with Crippen molar-refractivity contribution in [2.45, 2.75) is 238 Å². The first-order valence-corrected chi connectivity index (χ1v) is 22.7. The Morgan fingerprint density at radius 1 is 0.552 bits per heavy atom. The molecule has 3 aliphatic rings. The van der Waals surface area contributed by atoms with E-state index in [-0.39, 0.29) is 56.9 Å². The zero-order valence-electron chi connectivity index (χ0n) is 38.9. The van der Waals surface area contributed by atoms with E-state index in [1.807, 2.05) is 0 Å². The van der Waals surface area contributed by atoms with Gasteiger partial charge in [0.15, 0.2) is 0 Å². The van der Waals surface area contributed by atoms with E-state index in [1.165, 1.54) is 32.1 Å². The maximum absolute atomic E-state index is 15.0. The van der Waals surface area contributed by atoms with Crippen molar-refractivity contribution in [1.82, 2.24) is 16.0 Å². The Morgan fingerprint density at radius 2 is 0.897 bits per heavy atom. The van der Waals surface area contributed by atoms with E-state index >= 15 is 0 Å². The second-order valence-electron chi connectivity index (χ2n) is 22.9. The highest BCUT2D eigenvalue weighted by molar-refractivity contribution is 5.87. The van der Waals surface area contributed by atoms with Crippen LogP contribution in [0, 0.1) is 35.5 Å². The van der Waals surface area contributed by atoms with Gasteiger partial charge in [0.1, 0.15) is 5.60 Å². The van der Waals surface area contributed by atoms with Gasteiger partial charge in [0.05, 0.1) is 24.7 Å². The minimum absolute atomic E-state index is 0.0702. The number of aliphatic carboxylic acids is 3. The number of carboxylic acid groups (broad SMARTS) is 3. The molecule has 3 atom stereocenters. The SMILES string of the molecule is CCCCCCCCCCC(C1CC(C)(C)NC(C)(C)C1)C(OC(=O)CC(C(=O)O)C(CC(=O)O)C(=O)O)(C1CC(C)(C)NC(C)(C)C1)C1CC(C)(C)NC(C)(C)C1. The van der Waals surface area contributed by atoms with Crippen LogP contribution in [0.2, 0.25) is 0 Å². The number of nitrogens with one attached hydrogen (secondary N) is 3. The summed E-state index contributed by atoms with van der Waals surface area (Å²) in [5.41, 5.74) is -2.66. The van der Waals surface area contributed by atoms with Gasteiger partial charge in [-0.25, -0.2) is 0 Å². The molecule has 0 aromatic carbocycles. The number of carboxylic acids is 3. The topological polar surface area (TPSA) is 174 Å². The number of carbonyl (C=O) groups is 4. The van der Waals surface area contributed by atoms with Crippen molar-refractivity contribution in [3.8, 4) is 0 Å². The summed E-state index contributed by atoms with van der Waals surface area (Å²) in [5, 5.41) is 41.8. The summed E-state index contributed by atoms with van der Waals surface area (Å²) in [6.45, 7) is 29.1. The number of esters is 1. The van der Waals surface area contributed by atoms with Gasteiger partial charge < -0.3 is 36.0 Å². The molecule has 0 aliphatic carbocycles. The molecule has 0 amide bonds. The largest absolute Gasteiger partial charge is 0.481 e. The van der Waals surface area contributed by atoms with E-state index in [9.17, 15) is 34.5 Å². The molecule has 6 N–H and O–H groups in total. The Hall–Kier alpha value is -2.24. The Labute approximate surface area is 351 Å². The number of carbonyl (C=O) groups excluding carboxylic acids is 1. The molecule has 0 radical (unpaired) electrons. The molecule has 0 saturated carbocycles. The highest BCUT2D eigenvalue weighted by Gasteiger charge is 2.62. The molecule has 336 valence electrons. The lowest BCUT2D eigenvalue weighted by molar-refractivity contribution is -0.218. The third-order valence-corrected chi connectivity index (χ3v) is 13.6. The van der Waals surface area contributed by atoms with Crippen LogP contribution in [0.25, 0.3) is 0 Å². The smallest absolute Gasteiger partial charge is 0.307 e. The molecule has 0 aromatic rings. The van der Waals surface area contributed by atoms with Gasteiger partial charge in [-0.05, 0) is 134 Å². The molecule has 0 spiro atoms. The van der Waals surface area contributed by atoms with Crippen molar-refractivity contribution < 1.29 is 39.2 Å². The zero-order chi connectivity index (χ0) is 44.1. The summed E-state index contributed by atoms with van der Waals surface area (Å²) in [4.78, 5) is 52.0. The molecule has 3 rings (SSSR count). The van der Waals surface area contributed by atoms with Crippen LogP contribution >= 0.6 is 0 Å². The lowest BCUT2D eigenvalue weighted by Crippen LogP contribution is -2.70. The normalized spacial score (nSPS) is 24.6. The Balaban J connectivity index is 2.35. The van der Waals surface area contributed by atoms with Crippen molar-refractivity contribution in [1.29, 1.82) is 0 Å². The molecular formula is C47H85N3O8. The monoisotopic (exact) mass is 820 g/mol. The molecule has 0 bridgehead atoms. The molecule has 0 aromatic heterocycles. The summed E-state index contributed by atoms with van der Waals surface area (Å²) in [6.07, 6.45) is 13.3. The van der Waals surface area contributed by atoms with Gasteiger partial charge in [-0.1, -0.05) is 58.3 Å². The Morgan fingerprint density at radius 3 is 1.26 bits per heavy atom. The number of hydrogen-bond donors (Lipinski definition) is 6. The summed E-state index contributed by atoms with van der Waals surface area (Å²) in [5.74, 6) is -8.90. The van der Waals surface area contributed by atoms with Gasteiger partial charge >= 0.3 is 23.9 Å². The first kappa shape index (κ1) is 50.1. The highest BCUT2D eigenvalue weighted by atomic mass is 16.6. The lowest BCUT2D eigenvalue weighted by Gasteiger charge is -2.62. The van der Waals surface area contributed by atoms with Gasteiger partial charge in [-0.2, -0.15) is 0 Å². The van der Waals surface area contributed by atoms with Gasteiger partial charge in [0, 0.05) is 51.0 Å². The number of ether oxygens (including phenoxy) is 1. The predicted octanol–water partition coefficient (Wildman–Crippen LogP) is 9.35. The minimum atomic E-state index is -1.79. The van der Waals surface area contributed by atoms with E-state index in [2.05, 4.69) is 106 Å². The van der Waals surface area contributed by atoms with E-state index in [4.69, 9.17) is 4.74 Å². The molecule has 3 unspecified atom stereocenters. The van der Waals surface area contributed by atoms with Gasteiger partial charge in [-0.15, -0.1) is 0 Å². The van der Waals surface area contributed by atoms with Crippen LogP contribution in [0.1, 0.15) is 199 Å². The van der Waals surface area contributed by atoms with Crippen LogP contribution in [-0.4, -0.2) is 78.0 Å². The predicted molar refractivity (Wildman–Crippen MR) is 231 cm³/mol. The molecule has 3 aliphatic heterocycles. The van der Waals surface area contributed by atoms with Crippen LogP contribution in [0.4, 0.5) is 0 Å². The quantitative estimate of drug-likeness (QED) is 0.0481. The average Bonchev–Trinajstić information content (AvgIpc) is 3.00. The fourth-order valence-corrected chi connectivity index (χ4v) is 12.9. The minimum Gasteiger partial charge on any atom is -0.481 e. The van der Waals surface area contributed by atoms with Crippen molar-refractivity contribution >= 4 is 23.9 Å². The molecule has 3 heterocycles. The summed E-state index contributed by atoms with van der Waals surface area (Å²) >= 11 is 0. The van der Waals surface area contributed by atoms with Crippen molar-refractivity contribution in [2.24, 2.45) is 35.5 Å². The van der Waals surface area contributed by atoms with E-state index in [0.29, 0.717) is 0 Å². The number of hydrogen-bond acceptors (Lipinski definition) is 8. The molecule has 11 nitrogen and oxygen atoms in total. The van der Waals surface area contributed by atoms with Crippen molar-refractivity contribution in [3.63, 3.8) is 0 Å². The molecular weight excluding hydrogens is 735 g/mol. The van der Waals surface area contributed by atoms with Gasteiger partial charge in [-0.3, -0.25) is 19.2 Å². The van der Waals surface area contributed by atoms with E-state index < -0.39 is 54.2 Å². The van der Waals surface area contributed by atoms with Crippen molar-refractivity contribution in [3.05, 3.63) is 0 Å². The van der Waals surface area contributed by atoms with E-state index in [1.54, 1.807) is 0 Å². The summed E-state index contributed by atoms with van der Waals surface area (Å²) in [6, 6.07) is 0. The Kier molecular flexibility index (Phi) is 16.6. The first-order valence-electron chi connectivity index (χ1n) is 22.7. The maximum atomic E-state index is 15.0.